The highest BCUT2D eigenvalue weighted by molar-refractivity contribution is 7.89. The Labute approximate surface area is 183 Å². The highest BCUT2D eigenvalue weighted by Crippen LogP contribution is 2.39. The quantitative estimate of drug-likeness (QED) is 0.562. The molecule has 2 heterocycles. The van der Waals surface area contributed by atoms with Crippen LogP contribution in [0.3, 0.4) is 0 Å². The van der Waals surface area contributed by atoms with Gasteiger partial charge in [0.05, 0.1) is 23.6 Å². The number of halogens is 2. The second kappa shape index (κ2) is 8.67. The number of ether oxygens (including phenoxy) is 1. The van der Waals surface area contributed by atoms with Gasteiger partial charge < -0.3 is 10.1 Å². The molecule has 0 saturated heterocycles. The van der Waals surface area contributed by atoms with Crippen molar-refractivity contribution in [3.8, 4) is 28.1 Å². The molecule has 1 aromatic heterocycles. The van der Waals surface area contributed by atoms with Crippen molar-refractivity contribution in [3.05, 3.63) is 54.0 Å². The summed E-state index contributed by atoms with van der Waals surface area (Å²) >= 11 is 0. The van der Waals surface area contributed by atoms with Crippen LogP contribution >= 0.6 is 0 Å². The fraction of sp³-hybridized carbons (Fsp3) is 0.238. The molecule has 0 aliphatic carbocycles. The fourth-order valence-electron chi connectivity index (χ4n) is 3.57. The predicted octanol–water partition coefficient (Wildman–Crippen LogP) is 2.84. The highest BCUT2D eigenvalue weighted by Gasteiger charge is 2.22. The Bertz CT molecular complexity index is 1270. The molecule has 0 spiro atoms. The molecule has 1 amide bonds. The van der Waals surface area contributed by atoms with E-state index in [0.29, 0.717) is 28.4 Å². The van der Waals surface area contributed by atoms with Gasteiger partial charge in [-0.2, -0.15) is 5.10 Å². The van der Waals surface area contributed by atoms with Gasteiger partial charge in [-0.3, -0.25) is 9.48 Å². The van der Waals surface area contributed by atoms with Crippen LogP contribution in [0.5, 0.6) is 5.75 Å². The monoisotopic (exact) mass is 462 g/mol. The normalized spacial score (nSPS) is 13.4. The molecule has 32 heavy (non-hydrogen) atoms. The van der Waals surface area contributed by atoms with Crippen LogP contribution in [0.25, 0.3) is 22.4 Å². The first-order valence-corrected chi connectivity index (χ1v) is 11.4. The van der Waals surface area contributed by atoms with Gasteiger partial charge in [0, 0.05) is 17.7 Å². The zero-order valence-electron chi connectivity index (χ0n) is 17.1. The number of carbonyl (C=O) groups is 1. The number of aryl methyl sites for hydroxylation is 1. The maximum absolute atomic E-state index is 13.5. The van der Waals surface area contributed by atoms with E-state index in [1.54, 1.807) is 35.9 Å². The van der Waals surface area contributed by atoms with Crippen LogP contribution in [-0.2, 0) is 21.4 Å². The number of benzene rings is 2. The molecule has 1 aliphatic heterocycles. The number of hydrogen-bond donors (Lipinski definition) is 2. The van der Waals surface area contributed by atoms with Crippen LogP contribution < -0.4 is 14.8 Å². The van der Waals surface area contributed by atoms with E-state index in [4.69, 9.17) is 4.74 Å². The molecular weight excluding hydrogens is 442 g/mol. The molecule has 0 fully saturated rings. The second-order valence-corrected chi connectivity index (χ2v) is 8.94. The third kappa shape index (κ3) is 4.48. The first kappa shape index (κ1) is 21.9. The molecular formula is C21H20F2N4O4S. The van der Waals surface area contributed by atoms with Crippen LogP contribution in [-0.4, -0.2) is 43.3 Å². The van der Waals surface area contributed by atoms with Gasteiger partial charge in [0.2, 0.25) is 16.0 Å². The lowest BCUT2D eigenvalue weighted by Gasteiger charge is -2.19. The Morgan fingerprint density at radius 3 is 2.62 bits per heavy atom. The molecule has 2 aromatic carbocycles. The maximum atomic E-state index is 13.5. The summed E-state index contributed by atoms with van der Waals surface area (Å²) < 4.78 is 58.2. The highest BCUT2D eigenvalue weighted by atomic mass is 32.2. The number of nitrogens with zero attached hydrogens (tertiary/aromatic N) is 2. The molecule has 0 radical (unpaired) electrons. The van der Waals surface area contributed by atoms with E-state index in [1.807, 2.05) is 6.07 Å². The number of anilines is 1. The van der Waals surface area contributed by atoms with E-state index in [-0.39, 0.29) is 25.6 Å². The predicted molar refractivity (Wildman–Crippen MR) is 115 cm³/mol. The number of alkyl halides is 1. The molecule has 8 nitrogen and oxygen atoms in total. The molecule has 4 rings (SSSR count). The summed E-state index contributed by atoms with van der Waals surface area (Å²) in [7, 11) is -4.01. The Hall–Kier alpha value is -3.31. The van der Waals surface area contributed by atoms with Crippen molar-refractivity contribution >= 4 is 21.6 Å². The molecule has 0 saturated carbocycles. The van der Waals surface area contributed by atoms with Crippen molar-refractivity contribution in [1.82, 2.24) is 14.5 Å². The van der Waals surface area contributed by atoms with Crippen LogP contribution in [0.15, 0.2) is 42.5 Å². The fourth-order valence-corrected chi connectivity index (χ4v) is 4.05. The summed E-state index contributed by atoms with van der Waals surface area (Å²) in [6, 6.07) is 9.65. The van der Waals surface area contributed by atoms with Crippen molar-refractivity contribution < 1.29 is 26.7 Å². The van der Waals surface area contributed by atoms with E-state index < -0.39 is 21.8 Å². The number of rotatable bonds is 7. The molecule has 3 aromatic rings. The average Bonchev–Trinajstić information content (AvgIpc) is 3.09. The van der Waals surface area contributed by atoms with Crippen molar-refractivity contribution in [2.75, 3.05) is 24.5 Å². The lowest BCUT2D eigenvalue weighted by atomic mass is 9.98. The Morgan fingerprint density at radius 1 is 1.19 bits per heavy atom. The minimum atomic E-state index is -4.01. The van der Waals surface area contributed by atoms with Crippen LogP contribution in [0.1, 0.15) is 5.69 Å². The van der Waals surface area contributed by atoms with Gasteiger partial charge in [0.15, 0.2) is 6.61 Å². The molecule has 0 bridgehead atoms. The van der Waals surface area contributed by atoms with E-state index in [9.17, 15) is 22.0 Å². The number of hydrogen-bond acceptors (Lipinski definition) is 5. The smallest absolute Gasteiger partial charge is 0.262 e. The van der Waals surface area contributed by atoms with E-state index in [0.717, 1.165) is 11.1 Å². The average molecular weight is 462 g/mol. The number of aromatic nitrogens is 2. The van der Waals surface area contributed by atoms with Gasteiger partial charge in [-0.25, -0.2) is 21.9 Å². The molecule has 168 valence electrons. The Kier molecular flexibility index (Phi) is 5.94. The topological polar surface area (TPSA) is 102 Å². The molecule has 0 atom stereocenters. The van der Waals surface area contributed by atoms with Crippen LogP contribution in [0.2, 0.25) is 0 Å². The summed E-state index contributed by atoms with van der Waals surface area (Å²) in [6.45, 7) is 1.78. The van der Waals surface area contributed by atoms with Crippen molar-refractivity contribution in [2.45, 2.75) is 13.5 Å². The minimum Gasteiger partial charge on any atom is -0.482 e. The summed E-state index contributed by atoms with van der Waals surface area (Å²) in [5.74, 6) is -0.120. The third-order valence-electron chi connectivity index (χ3n) is 4.94. The lowest BCUT2D eigenvalue weighted by molar-refractivity contribution is -0.118. The van der Waals surface area contributed by atoms with Crippen LogP contribution in [0, 0.1) is 12.7 Å². The molecule has 0 unspecified atom stereocenters. The van der Waals surface area contributed by atoms with Gasteiger partial charge >= 0.3 is 0 Å². The largest absolute Gasteiger partial charge is 0.482 e. The summed E-state index contributed by atoms with van der Waals surface area (Å²) in [5, 5.41) is 7.30. The number of sulfonamides is 1. The van der Waals surface area contributed by atoms with Crippen molar-refractivity contribution in [3.63, 3.8) is 0 Å². The maximum Gasteiger partial charge on any atom is 0.262 e. The Balaban J connectivity index is 1.78. The van der Waals surface area contributed by atoms with E-state index in [1.165, 1.54) is 12.1 Å². The molecule has 2 N–H and O–H groups in total. The number of fused-ring (bicyclic) bond motifs is 1. The van der Waals surface area contributed by atoms with Crippen molar-refractivity contribution in [1.29, 1.82) is 0 Å². The SMILES string of the molecule is Cc1nn(CCNS(=O)(=O)CF)c(-c2ccc(F)cc2)c1-c1ccc2c(c1)NC(=O)CO2. The standard InChI is InChI=1S/C21H20F2N4O4S/c1-13-20(15-4-7-18-17(10-15)25-19(28)11-31-18)21(14-2-5-16(23)6-3-14)27(26-13)9-8-24-32(29,30)12-22/h2-7,10,24H,8-9,11-12H2,1H3,(H,25,28). The van der Waals surface area contributed by atoms with Crippen LogP contribution in [0.4, 0.5) is 14.5 Å². The van der Waals surface area contributed by atoms with Gasteiger partial charge in [-0.15, -0.1) is 0 Å². The summed E-state index contributed by atoms with van der Waals surface area (Å²) in [5.41, 5.74) is 3.92. The zero-order valence-corrected chi connectivity index (χ0v) is 17.9. The zero-order chi connectivity index (χ0) is 22.9. The van der Waals surface area contributed by atoms with Gasteiger partial charge in [-0.1, -0.05) is 6.07 Å². The lowest BCUT2D eigenvalue weighted by Crippen LogP contribution is -2.28. The van der Waals surface area contributed by atoms with Gasteiger partial charge in [-0.05, 0) is 48.9 Å². The summed E-state index contributed by atoms with van der Waals surface area (Å²) in [6.07, 6.45) is 0. The summed E-state index contributed by atoms with van der Waals surface area (Å²) in [4.78, 5) is 11.7. The molecule has 1 aliphatic rings. The minimum absolute atomic E-state index is 0.0566. The van der Waals surface area contributed by atoms with Crippen molar-refractivity contribution in [2.24, 2.45) is 0 Å². The molecule has 11 heteroatoms. The first-order valence-electron chi connectivity index (χ1n) is 9.71. The first-order chi connectivity index (χ1) is 15.3. The number of carbonyl (C=O) groups excluding carboxylic acids is 1. The third-order valence-corrected chi connectivity index (χ3v) is 5.87. The number of amides is 1. The van der Waals surface area contributed by atoms with Gasteiger partial charge in [0.1, 0.15) is 11.6 Å². The second-order valence-electron chi connectivity index (χ2n) is 7.21. The number of nitrogens with one attached hydrogen (secondary N) is 2. The van der Waals surface area contributed by atoms with E-state index >= 15 is 0 Å². The van der Waals surface area contributed by atoms with E-state index in [2.05, 4.69) is 15.1 Å². The Morgan fingerprint density at radius 2 is 1.91 bits per heavy atom. The van der Waals surface area contributed by atoms with Gasteiger partial charge in [0.25, 0.3) is 5.91 Å².